The number of nitrogens with zero attached hydrogens (tertiary/aromatic N) is 4. The zero-order chi connectivity index (χ0) is 20.7. The van der Waals surface area contributed by atoms with Crippen LogP contribution in [0.4, 0.5) is 0 Å². The molecular weight excluding hydrogens is 394 g/mol. The number of H-pyrrole nitrogens is 1. The minimum Gasteiger partial charge on any atom is -0.373 e. The number of halogens is 1. The summed E-state index contributed by atoms with van der Waals surface area (Å²) < 4.78 is 9.08. The summed E-state index contributed by atoms with van der Waals surface area (Å²) in [5.41, 5.74) is 0.805. The Morgan fingerprint density at radius 1 is 1.21 bits per heavy atom. The van der Waals surface area contributed by atoms with Crippen molar-refractivity contribution in [3.05, 3.63) is 61.5 Å². The van der Waals surface area contributed by atoms with Gasteiger partial charge in [-0.25, -0.2) is 9.78 Å². The zero-order valence-corrected chi connectivity index (χ0v) is 17.4. The second-order valence-electron chi connectivity index (χ2n) is 7.69. The van der Waals surface area contributed by atoms with E-state index in [0.29, 0.717) is 29.3 Å². The molecule has 0 amide bonds. The molecule has 0 spiro atoms. The van der Waals surface area contributed by atoms with E-state index >= 15 is 0 Å². The number of fused-ring (bicyclic) bond motifs is 1. The molecule has 1 aromatic carbocycles. The third kappa shape index (κ3) is 4.01. The number of hydrogen-bond donors (Lipinski definition) is 1. The summed E-state index contributed by atoms with van der Waals surface area (Å²) in [5, 5.41) is 0.630. The van der Waals surface area contributed by atoms with Crippen LogP contribution in [0.1, 0.15) is 25.2 Å². The van der Waals surface area contributed by atoms with Gasteiger partial charge in [-0.3, -0.25) is 19.2 Å². The fourth-order valence-corrected chi connectivity index (χ4v) is 4.21. The summed E-state index contributed by atoms with van der Waals surface area (Å²) in [6.45, 7) is 6.64. The lowest BCUT2D eigenvalue weighted by molar-refractivity contribution is -0.0712. The van der Waals surface area contributed by atoms with Crippen molar-refractivity contribution in [3.63, 3.8) is 0 Å². The maximum absolute atomic E-state index is 12.7. The topological polar surface area (TPSA) is 85.2 Å². The number of aryl methyl sites for hydroxylation is 1. The average molecular weight is 418 g/mol. The largest absolute Gasteiger partial charge is 0.373 e. The molecule has 3 aromatic rings. The summed E-state index contributed by atoms with van der Waals surface area (Å²) in [5.74, 6) is 0.730. The molecule has 4 rings (SSSR count). The first kappa shape index (κ1) is 19.9. The van der Waals surface area contributed by atoms with Crippen LogP contribution < -0.4 is 11.2 Å². The SMILES string of the molecule is C[C@H]1CN(Cc2nc3c(c(=O)[nH]c(=O)n3C)n2Cc2cccc(Cl)c2)C[C@H](C)O1. The van der Waals surface area contributed by atoms with Gasteiger partial charge in [0, 0.05) is 31.7 Å². The summed E-state index contributed by atoms with van der Waals surface area (Å²) in [6, 6.07) is 7.51. The minimum atomic E-state index is -0.477. The van der Waals surface area contributed by atoms with Gasteiger partial charge >= 0.3 is 5.69 Å². The maximum atomic E-state index is 12.7. The number of aromatic amines is 1. The van der Waals surface area contributed by atoms with Crippen molar-refractivity contribution in [1.29, 1.82) is 0 Å². The van der Waals surface area contributed by atoms with E-state index in [2.05, 4.69) is 14.9 Å². The van der Waals surface area contributed by atoms with Crippen molar-refractivity contribution in [2.75, 3.05) is 13.1 Å². The van der Waals surface area contributed by atoms with Crippen molar-refractivity contribution in [1.82, 2.24) is 24.0 Å². The van der Waals surface area contributed by atoms with E-state index in [0.717, 1.165) is 24.5 Å². The Bertz CT molecular complexity index is 1160. The average Bonchev–Trinajstić information content (AvgIpc) is 2.98. The zero-order valence-electron chi connectivity index (χ0n) is 16.7. The van der Waals surface area contributed by atoms with Crippen LogP contribution in [0.25, 0.3) is 11.2 Å². The van der Waals surface area contributed by atoms with Gasteiger partial charge in [-0.15, -0.1) is 0 Å². The van der Waals surface area contributed by atoms with Gasteiger partial charge in [0.25, 0.3) is 5.56 Å². The van der Waals surface area contributed by atoms with Crippen molar-refractivity contribution in [2.45, 2.75) is 39.1 Å². The van der Waals surface area contributed by atoms with Crippen LogP contribution in [0, 0.1) is 0 Å². The smallest absolute Gasteiger partial charge is 0.329 e. The third-order valence-electron chi connectivity index (χ3n) is 5.18. The lowest BCUT2D eigenvalue weighted by Crippen LogP contribution is -2.45. The molecular formula is C20H24ClN5O3. The fraction of sp³-hybridized carbons (Fsp3) is 0.450. The van der Waals surface area contributed by atoms with Crippen molar-refractivity contribution in [3.8, 4) is 0 Å². The Morgan fingerprint density at radius 3 is 2.62 bits per heavy atom. The monoisotopic (exact) mass is 417 g/mol. The van der Waals surface area contributed by atoms with E-state index in [-0.39, 0.29) is 12.2 Å². The second kappa shape index (κ2) is 7.78. The molecule has 9 heteroatoms. The number of ether oxygens (including phenoxy) is 1. The van der Waals surface area contributed by atoms with Gasteiger partial charge in [0.1, 0.15) is 5.82 Å². The van der Waals surface area contributed by atoms with Crippen molar-refractivity contribution >= 4 is 22.8 Å². The van der Waals surface area contributed by atoms with Gasteiger partial charge in [0.05, 0.1) is 18.8 Å². The molecule has 1 aliphatic heterocycles. The van der Waals surface area contributed by atoms with Gasteiger partial charge < -0.3 is 9.30 Å². The van der Waals surface area contributed by atoms with Crippen LogP contribution in [0.2, 0.25) is 5.02 Å². The molecule has 0 saturated carbocycles. The molecule has 29 heavy (non-hydrogen) atoms. The molecule has 0 unspecified atom stereocenters. The molecule has 2 aromatic heterocycles. The lowest BCUT2D eigenvalue weighted by Gasteiger charge is -2.35. The van der Waals surface area contributed by atoms with E-state index in [1.807, 2.05) is 42.7 Å². The highest BCUT2D eigenvalue weighted by molar-refractivity contribution is 6.30. The van der Waals surface area contributed by atoms with E-state index in [1.165, 1.54) is 4.57 Å². The van der Waals surface area contributed by atoms with Gasteiger partial charge in [-0.2, -0.15) is 0 Å². The normalized spacial score (nSPS) is 20.4. The first-order valence-electron chi connectivity index (χ1n) is 9.62. The maximum Gasteiger partial charge on any atom is 0.329 e. The predicted octanol–water partition coefficient (Wildman–Crippen LogP) is 1.73. The first-order valence-corrected chi connectivity index (χ1v) is 10.0. The molecule has 2 atom stereocenters. The lowest BCUT2D eigenvalue weighted by atomic mass is 10.2. The summed E-state index contributed by atoms with van der Waals surface area (Å²) >= 11 is 6.15. The molecule has 1 N–H and O–H groups in total. The van der Waals surface area contributed by atoms with Gasteiger partial charge in [0.15, 0.2) is 11.2 Å². The van der Waals surface area contributed by atoms with E-state index in [4.69, 9.17) is 16.3 Å². The second-order valence-corrected chi connectivity index (χ2v) is 8.12. The Kier molecular flexibility index (Phi) is 5.33. The molecule has 0 bridgehead atoms. The van der Waals surface area contributed by atoms with Gasteiger partial charge in [0.2, 0.25) is 0 Å². The van der Waals surface area contributed by atoms with Crippen LogP contribution in [0.3, 0.4) is 0 Å². The molecule has 1 aliphatic rings. The summed E-state index contributed by atoms with van der Waals surface area (Å²) in [7, 11) is 1.61. The number of hydrogen-bond acceptors (Lipinski definition) is 5. The molecule has 1 fully saturated rings. The number of nitrogens with one attached hydrogen (secondary N) is 1. The van der Waals surface area contributed by atoms with Crippen LogP contribution in [-0.2, 0) is 24.9 Å². The van der Waals surface area contributed by atoms with Gasteiger partial charge in [-0.1, -0.05) is 23.7 Å². The Labute approximate surface area is 172 Å². The minimum absolute atomic E-state index is 0.122. The number of morpholine rings is 1. The van der Waals surface area contributed by atoms with Crippen molar-refractivity contribution < 1.29 is 4.74 Å². The number of aromatic nitrogens is 4. The van der Waals surface area contributed by atoms with Crippen LogP contribution >= 0.6 is 11.6 Å². The van der Waals surface area contributed by atoms with E-state index in [9.17, 15) is 9.59 Å². The Hall–Kier alpha value is -2.42. The fourth-order valence-electron chi connectivity index (χ4n) is 4.00. The molecule has 154 valence electrons. The summed E-state index contributed by atoms with van der Waals surface area (Å²) in [4.78, 5) is 34.1. The number of benzene rings is 1. The standard InChI is InChI=1S/C20H24ClN5O3/c1-12-8-25(9-13(2)29-12)11-16-22-18-17(19(27)23-20(28)24(18)3)26(16)10-14-5-4-6-15(21)7-14/h4-7,12-13H,8-11H2,1-3H3,(H,23,27,28)/t12-,13-/m0/s1. The van der Waals surface area contributed by atoms with Crippen molar-refractivity contribution in [2.24, 2.45) is 7.05 Å². The van der Waals surface area contributed by atoms with Crippen LogP contribution in [0.5, 0.6) is 0 Å². The van der Waals surface area contributed by atoms with Crippen LogP contribution in [0.15, 0.2) is 33.9 Å². The van der Waals surface area contributed by atoms with E-state index in [1.54, 1.807) is 7.05 Å². The van der Waals surface area contributed by atoms with Gasteiger partial charge in [-0.05, 0) is 31.5 Å². The number of imidazole rings is 1. The highest BCUT2D eigenvalue weighted by atomic mass is 35.5. The van der Waals surface area contributed by atoms with Crippen LogP contribution in [-0.4, -0.2) is 49.3 Å². The third-order valence-corrected chi connectivity index (χ3v) is 5.41. The molecule has 1 saturated heterocycles. The quantitative estimate of drug-likeness (QED) is 0.698. The summed E-state index contributed by atoms with van der Waals surface area (Å²) in [6.07, 6.45) is 0.245. The Morgan fingerprint density at radius 2 is 1.93 bits per heavy atom. The number of rotatable bonds is 4. The molecule has 3 heterocycles. The molecule has 0 aliphatic carbocycles. The predicted molar refractivity (Wildman–Crippen MR) is 111 cm³/mol. The highest BCUT2D eigenvalue weighted by Crippen LogP contribution is 2.19. The molecule has 8 nitrogen and oxygen atoms in total. The van der Waals surface area contributed by atoms with E-state index < -0.39 is 11.2 Å². The first-order chi connectivity index (χ1) is 13.8. The Balaban J connectivity index is 1.81. The highest BCUT2D eigenvalue weighted by Gasteiger charge is 2.25. The molecule has 0 radical (unpaired) electrons.